The van der Waals surface area contributed by atoms with Gasteiger partial charge in [-0.3, -0.25) is 4.79 Å². The van der Waals surface area contributed by atoms with Gasteiger partial charge in [0.15, 0.2) is 0 Å². The monoisotopic (exact) mass is 397 g/mol. The standard InChI is InChI=1S/C18H22F3N5O2/c1-22-9-12-4-6-26(7-5-12)16(27)14-11-24-17(18(19,20)21)25-15(14)23-10-13-3-2-8-28-13/h2-3,8,11-12,22H,4-7,9-10H2,1H3,(H,23,24,25). The van der Waals surface area contributed by atoms with Crippen LogP contribution in [0.2, 0.25) is 0 Å². The van der Waals surface area contributed by atoms with Crippen molar-refractivity contribution in [2.24, 2.45) is 5.92 Å². The zero-order valence-electron chi connectivity index (χ0n) is 15.4. The Morgan fingerprint density at radius 3 is 2.71 bits per heavy atom. The van der Waals surface area contributed by atoms with E-state index >= 15 is 0 Å². The summed E-state index contributed by atoms with van der Waals surface area (Å²) in [5.74, 6) is -0.828. The van der Waals surface area contributed by atoms with Crippen LogP contribution in [-0.4, -0.2) is 47.5 Å². The van der Waals surface area contributed by atoms with E-state index in [1.54, 1.807) is 17.0 Å². The summed E-state index contributed by atoms with van der Waals surface area (Å²) in [5, 5.41) is 5.90. The zero-order valence-corrected chi connectivity index (χ0v) is 15.4. The molecule has 3 rings (SSSR count). The molecule has 0 radical (unpaired) electrons. The Hall–Kier alpha value is -2.62. The third-order valence-electron chi connectivity index (χ3n) is 4.68. The molecule has 3 heterocycles. The summed E-state index contributed by atoms with van der Waals surface area (Å²) < 4.78 is 44.2. The normalized spacial score (nSPS) is 15.6. The number of hydrogen-bond donors (Lipinski definition) is 2. The molecule has 2 N–H and O–H groups in total. The molecule has 2 aromatic rings. The van der Waals surface area contributed by atoms with Crippen LogP contribution in [0.5, 0.6) is 0 Å². The van der Waals surface area contributed by atoms with Gasteiger partial charge in [-0.2, -0.15) is 13.2 Å². The third-order valence-corrected chi connectivity index (χ3v) is 4.68. The van der Waals surface area contributed by atoms with Crippen molar-refractivity contribution in [3.05, 3.63) is 41.7 Å². The molecule has 1 aliphatic rings. The Kier molecular flexibility index (Phi) is 6.18. The van der Waals surface area contributed by atoms with Crippen molar-refractivity contribution < 1.29 is 22.4 Å². The van der Waals surface area contributed by atoms with Gasteiger partial charge in [0.2, 0.25) is 5.82 Å². The fourth-order valence-electron chi connectivity index (χ4n) is 3.19. The predicted molar refractivity (Wildman–Crippen MR) is 95.6 cm³/mol. The Labute approximate surface area is 160 Å². The van der Waals surface area contributed by atoms with Crippen molar-refractivity contribution in [2.75, 3.05) is 32.0 Å². The summed E-state index contributed by atoms with van der Waals surface area (Å²) in [7, 11) is 1.88. The lowest BCUT2D eigenvalue weighted by Gasteiger charge is -2.32. The van der Waals surface area contributed by atoms with Crippen LogP contribution in [0.15, 0.2) is 29.0 Å². The highest BCUT2D eigenvalue weighted by atomic mass is 19.4. The molecule has 1 fully saturated rings. The van der Waals surface area contributed by atoms with Crippen molar-refractivity contribution in [3.8, 4) is 0 Å². The number of furan rings is 1. The van der Waals surface area contributed by atoms with Crippen molar-refractivity contribution >= 4 is 11.7 Å². The molecule has 1 amide bonds. The van der Waals surface area contributed by atoms with Crippen molar-refractivity contribution in [2.45, 2.75) is 25.6 Å². The molecule has 0 spiro atoms. The number of aromatic nitrogens is 2. The maximum Gasteiger partial charge on any atom is 0.451 e. The summed E-state index contributed by atoms with van der Waals surface area (Å²) >= 11 is 0. The average molecular weight is 397 g/mol. The summed E-state index contributed by atoms with van der Waals surface area (Å²) in [6, 6.07) is 3.34. The predicted octanol–water partition coefficient (Wildman–Crippen LogP) is 2.77. The molecule has 152 valence electrons. The fourth-order valence-corrected chi connectivity index (χ4v) is 3.19. The van der Waals surface area contributed by atoms with Gasteiger partial charge < -0.3 is 20.0 Å². The Morgan fingerprint density at radius 2 is 2.11 bits per heavy atom. The van der Waals surface area contributed by atoms with Crippen LogP contribution in [0.25, 0.3) is 0 Å². The lowest BCUT2D eigenvalue weighted by Crippen LogP contribution is -2.40. The van der Waals surface area contributed by atoms with Crippen LogP contribution >= 0.6 is 0 Å². The van der Waals surface area contributed by atoms with Gasteiger partial charge in [0.1, 0.15) is 17.1 Å². The molecule has 28 heavy (non-hydrogen) atoms. The molecule has 0 unspecified atom stereocenters. The van der Waals surface area contributed by atoms with E-state index in [0.717, 1.165) is 25.6 Å². The van der Waals surface area contributed by atoms with Gasteiger partial charge in [-0.25, -0.2) is 9.97 Å². The topological polar surface area (TPSA) is 83.3 Å². The molecule has 7 nitrogen and oxygen atoms in total. The number of rotatable bonds is 6. The molecular weight excluding hydrogens is 375 g/mol. The zero-order chi connectivity index (χ0) is 20.1. The minimum Gasteiger partial charge on any atom is -0.467 e. The van der Waals surface area contributed by atoms with Gasteiger partial charge in [0.05, 0.1) is 12.8 Å². The quantitative estimate of drug-likeness (QED) is 0.780. The first-order valence-corrected chi connectivity index (χ1v) is 9.03. The van der Waals surface area contributed by atoms with E-state index in [-0.39, 0.29) is 23.8 Å². The number of alkyl halides is 3. The molecule has 0 atom stereocenters. The number of amides is 1. The molecule has 10 heteroatoms. The van der Waals surface area contributed by atoms with Gasteiger partial charge >= 0.3 is 6.18 Å². The van der Waals surface area contributed by atoms with Crippen LogP contribution < -0.4 is 10.6 Å². The second kappa shape index (κ2) is 8.59. The van der Waals surface area contributed by atoms with E-state index < -0.39 is 12.0 Å². The first kappa shape index (κ1) is 20.1. The van der Waals surface area contributed by atoms with Crippen molar-refractivity contribution in [1.29, 1.82) is 0 Å². The Morgan fingerprint density at radius 1 is 1.36 bits per heavy atom. The van der Waals surface area contributed by atoms with Gasteiger partial charge in [-0.1, -0.05) is 0 Å². The summed E-state index contributed by atoms with van der Waals surface area (Å²) in [6.45, 7) is 2.07. The average Bonchev–Trinajstić information content (AvgIpc) is 3.19. The van der Waals surface area contributed by atoms with Crippen LogP contribution in [0.3, 0.4) is 0 Å². The molecule has 1 saturated heterocycles. The summed E-state index contributed by atoms with van der Waals surface area (Å²) in [6.07, 6.45) is -0.623. The van der Waals surface area contributed by atoms with Crippen LogP contribution in [0.4, 0.5) is 19.0 Å². The maximum absolute atomic E-state index is 13.0. The number of nitrogens with one attached hydrogen (secondary N) is 2. The van der Waals surface area contributed by atoms with Crippen LogP contribution in [-0.2, 0) is 12.7 Å². The first-order chi connectivity index (χ1) is 13.4. The minimum absolute atomic E-state index is 0.0200. The molecule has 1 aliphatic heterocycles. The van der Waals surface area contributed by atoms with Gasteiger partial charge in [-0.05, 0) is 44.5 Å². The SMILES string of the molecule is CNCC1CCN(C(=O)c2cnc(C(F)(F)F)nc2NCc2ccco2)CC1. The van der Waals surface area contributed by atoms with Gasteiger partial charge in [0, 0.05) is 19.3 Å². The highest BCUT2D eigenvalue weighted by Crippen LogP contribution is 2.28. The smallest absolute Gasteiger partial charge is 0.451 e. The molecule has 0 bridgehead atoms. The van der Waals surface area contributed by atoms with Crippen LogP contribution in [0.1, 0.15) is 34.8 Å². The number of anilines is 1. The minimum atomic E-state index is -4.70. The van der Waals surface area contributed by atoms with E-state index in [4.69, 9.17) is 4.42 Å². The lowest BCUT2D eigenvalue weighted by molar-refractivity contribution is -0.144. The summed E-state index contributed by atoms with van der Waals surface area (Å²) in [4.78, 5) is 21.4. The Balaban J connectivity index is 1.79. The van der Waals surface area contributed by atoms with E-state index in [1.165, 1.54) is 6.26 Å². The number of hydrogen-bond acceptors (Lipinski definition) is 6. The van der Waals surface area contributed by atoms with E-state index in [9.17, 15) is 18.0 Å². The maximum atomic E-state index is 13.0. The lowest BCUT2D eigenvalue weighted by atomic mass is 9.96. The second-order valence-electron chi connectivity index (χ2n) is 6.68. The van der Waals surface area contributed by atoms with E-state index in [1.807, 2.05) is 7.05 Å². The van der Waals surface area contributed by atoms with Gasteiger partial charge in [-0.15, -0.1) is 0 Å². The van der Waals surface area contributed by atoms with Crippen LogP contribution in [0, 0.1) is 5.92 Å². The van der Waals surface area contributed by atoms with Crippen molar-refractivity contribution in [3.63, 3.8) is 0 Å². The van der Waals surface area contributed by atoms with E-state index in [2.05, 4.69) is 20.6 Å². The van der Waals surface area contributed by atoms with Gasteiger partial charge in [0.25, 0.3) is 5.91 Å². The molecule has 0 saturated carbocycles. The molecular formula is C18H22F3N5O2. The fraction of sp³-hybridized carbons (Fsp3) is 0.500. The molecule has 0 aliphatic carbocycles. The Bertz CT molecular complexity index is 787. The third kappa shape index (κ3) is 4.80. The highest BCUT2D eigenvalue weighted by molar-refractivity contribution is 5.98. The number of likely N-dealkylation sites (tertiary alicyclic amines) is 1. The number of carbonyl (C=O) groups excluding carboxylic acids is 1. The van der Waals surface area contributed by atoms with E-state index in [0.29, 0.717) is 24.8 Å². The number of halogens is 3. The largest absolute Gasteiger partial charge is 0.467 e. The number of carbonyl (C=O) groups is 1. The second-order valence-corrected chi connectivity index (χ2v) is 6.68. The number of piperidine rings is 1. The summed E-state index contributed by atoms with van der Waals surface area (Å²) in [5.41, 5.74) is 0.0200. The number of nitrogens with zero attached hydrogens (tertiary/aromatic N) is 3. The first-order valence-electron chi connectivity index (χ1n) is 9.03. The van der Waals surface area contributed by atoms with Crippen molar-refractivity contribution in [1.82, 2.24) is 20.2 Å². The molecule has 2 aromatic heterocycles. The molecule has 0 aromatic carbocycles. The highest BCUT2D eigenvalue weighted by Gasteiger charge is 2.36.